The summed E-state index contributed by atoms with van der Waals surface area (Å²) in [5.41, 5.74) is 1.61. The van der Waals surface area contributed by atoms with Crippen molar-refractivity contribution in [2.75, 3.05) is 32.8 Å². The Balaban J connectivity index is 1.34. The molecule has 2 heterocycles. The van der Waals surface area contributed by atoms with Gasteiger partial charge in [-0.05, 0) is 23.3 Å². The molecule has 4 rings (SSSR count). The first kappa shape index (κ1) is 21.4. The number of rotatable bonds is 6. The van der Waals surface area contributed by atoms with Gasteiger partial charge in [0.25, 0.3) is 11.8 Å². The van der Waals surface area contributed by atoms with E-state index in [-0.39, 0.29) is 24.2 Å². The number of furan rings is 1. The van der Waals surface area contributed by atoms with E-state index in [0.717, 1.165) is 11.1 Å². The van der Waals surface area contributed by atoms with Crippen LogP contribution in [0.25, 0.3) is 0 Å². The number of carbonyl (C=O) groups is 3. The van der Waals surface area contributed by atoms with Crippen LogP contribution in [0.1, 0.15) is 27.6 Å². The van der Waals surface area contributed by atoms with E-state index in [0.29, 0.717) is 26.2 Å². The summed E-state index contributed by atoms with van der Waals surface area (Å²) >= 11 is 0. The molecule has 0 aliphatic carbocycles. The zero-order valence-corrected chi connectivity index (χ0v) is 17.6. The number of hydrogen-bond donors (Lipinski definition) is 0. The number of carbonyl (C=O) groups excluding carboxylic acids is 3. The van der Waals surface area contributed by atoms with Gasteiger partial charge in [-0.2, -0.15) is 0 Å². The topological polar surface area (TPSA) is 80.1 Å². The van der Waals surface area contributed by atoms with Crippen LogP contribution in [0.5, 0.6) is 0 Å². The molecular weight excluding hydrogens is 408 g/mol. The number of ether oxygens (including phenoxy) is 1. The summed E-state index contributed by atoms with van der Waals surface area (Å²) in [6.07, 6.45) is 1.46. The molecule has 2 aromatic carbocycles. The van der Waals surface area contributed by atoms with Crippen molar-refractivity contribution in [2.24, 2.45) is 0 Å². The molecule has 0 spiro atoms. The SMILES string of the molecule is O=C(OCC(=O)N1CCN(C(=O)c2ccco2)CC1)C(c1ccccc1)c1ccccc1. The van der Waals surface area contributed by atoms with Gasteiger partial charge in [0.1, 0.15) is 5.92 Å². The molecule has 3 aromatic rings. The zero-order valence-electron chi connectivity index (χ0n) is 17.6. The number of hydrogen-bond acceptors (Lipinski definition) is 5. The number of nitrogens with zero attached hydrogens (tertiary/aromatic N) is 2. The van der Waals surface area contributed by atoms with E-state index in [1.165, 1.54) is 6.26 Å². The molecule has 1 fully saturated rings. The van der Waals surface area contributed by atoms with E-state index in [2.05, 4.69) is 0 Å². The van der Waals surface area contributed by atoms with Crippen LogP contribution in [0.3, 0.4) is 0 Å². The van der Waals surface area contributed by atoms with E-state index in [9.17, 15) is 14.4 Å². The first-order valence-corrected chi connectivity index (χ1v) is 10.5. The van der Waals surface area contributed by atoms with Crippen molar-refractivity contribution in [3.05, 3.63) is 95.9 Å². The van der Waals surface area contributed by atoms with Gasteiger partial charge in [-0.3, -0.25) is 14.4 Å². The van der Waals surface area contributed by atoms with Gasteiger partial charge in [0.15, 0.2) is 12.4 Å². The van der Waals surface area contributed by atoms with Crippen LogP contribution in [0.2, 0.25) is 0 Å². The van der Waals surface area contributed by atoms with Crippen molar-refractivity contribution >= 4 is 17.8 Å². The number of piperazine rings is 1. The molecule has 1 aliphatic rings. The van der Waals surface area contributed by atoms with Crippen molar-refractivity contribution in [2.45, 2.75) is 5.92 Å². The predicted octanol–water partition coefficient (Wildman–Crippen LogP) is 2.94. The second-order valence-corrected chi connectivity index (χ2v) is 7.51. The minimum absolute atomic E-state index is 0.193. The second-order valence-electron chi connectivity index (χ2n) is 7.51. The fourth-order valence-electron chi connectivity index (χ4n) is 3.78. The van der Waals surface area contributed by atoms with Crippen LogP contribution in [0, 0.1) is 0 Å². The monoisotopic (exact) mass is 432 g/mol. The number of amides is 2. The maximum atomic E-state index is 12.9. The lowest BCUT2D eigenvalue weighted by Crippen LogP contribution is -2.51. The first-order chi connectivity index (χ1) is 15.6. The lowest BCUT2D eigenvalue weighted by atomic mass is 9.91. The summed E-state index contributed by atoms with van der Waals surface area (Å²) in [5.74, 6) is -1.26. The Morgan fingerprint density at radius 2 is 1.34 bits per heavy atom. The Kier molecular flexibility index (Phi) is 6.65. The van der Waals surface area contributed by atoms with Crippen molar-refractivity contribution in [1.29, 1.82) is 0 Å². The highest BCUT2D eigenvalue weighted by Gasteiger charge is 2.28. The molecule has 0 atom stereocenters. The fourth-order valence-corrected chi connectivity index (χ4v) is 3.78. The highest BCUT2D eigenvalue weighted by Crippen LogP contribution is 2.26. The molecule has 32 heavy (non-hydrogen) atoms. The van der Waals surface area contributed by atoms with E-state index in [1.54, 1.807) is 21.9 Å². The first-order valence-electron chi connectivity index (χ1n) is 10.5. The van der Waals surface area contributed by atoms with E-state index in [1.807, 2.05) is 60.7 Å². The van der Waals surface area contributed by atoms with E-state index in [4.69, 9.17) is 9.15 Å². The largest absolute Gasteiger partial charge is 0.459 e. The van der Waals surface area contributed by atoms with Gasteiger partial charge in [0.2, 0.25) is 0 Å². The average Bonchev–Trinajstić information content (AvgIpc) is 3.39. The highest BCUT2D eigenvalue weighted by atomic mass is 16.5. The van der Waals surface area contributed by atoms with Crippen molar-refractivity contribution in [3.63, 3.8) is 0 Å². The van der Waals surface area contributed by atoms with Crippen molar-refractivity contribution in [1.82, 2.24) is 9.80 Å². The molecule has 1 aliphatic heterocycles. The third-order valence-electron chi connectivity index (χ3n) is 5.49. The molecule has 164 valence electrons. The molecule has 1 saturated heterocycles. The maximum Gasteiger partial charge on any atom is 0.318 e. The van der Waals surface area contributed by atoms with Crippen LogP contribution >= 0.6 is 0 Å². The Morgan fingerprint density at radius 3 is 1.88 bits per heavy atom. The highest BCUT2D eigenvalue weighted by molar-refractivity contribution is 5.91. The smallest absolute Gasteiger partial charge is 0.318 e. The summed E-state index contributed by atoms with van der Waals surface area (Å²) < 4.78 is 10.6. The van der Waals surface area contributed by atoms with Crippen molar-refractivity contribution < 1.29 is 23.5 Å². The fraction of sp³-hybridized carbons (Fsp3) is 0.240. The Hall–Kier alpha value is -3.87. The van der Waals surface area contributed by atoms with Gasteiger partial charge in [-0.15, -0.1) is 0 Å². The molecule has 0 unspecified atom stereocenters. The quantitative estimate of drug-likeness (QED) is 0.560. The van der Waals surface area contributed by atoms with Gasteiger partial charge in [0.05, 0.1) is 6.26 Å². The average molecular weight is 432 g/mol. The second kappa shape index (κ2) is 9.96. The summed E-state index contributed by atoms with van der Waals surface area (Å²) in [6, 6.07) is 22.0. The molecule has 0 saturated carbocycles. The lowest BCUT2D eigenvalue weighted by molar-refractivity contribution is -0.153. The minimum atomic E-state index is -0.604. The summed E-state index contributed by atoms with van der Waals surface area (Å²) in [4.78, 5) is 41.2. The Labute approximate surface area is 186 Å². The summed E-state index contributed by atoms with van der Waals surface area (Å²) in [6.45, 7) is 1.22. The predicted molar refractivity (Wildman–Crippen MR) is 117 cm³/mol. The molecule has 0 N–H and O–H groups in total. The molecule has 7 heteroatoms. The maximum absolute atomic E-state index is 12.9. The molecule has 0 radical (unpaired) electrons. The minimum Gasteiger partial charge on any atom is -0.459 e. The molecule has 1 aromatic heterocycles. The molecule has 7 nitrogen and oxygen atoms in total. The Morgan fingerprint density at radius 1 is 0.781 bits per heavy atom. The van der Waals surface area contributed by atoms with Crippen LogP contribution in [0.15, 0.2) is 83.5 Å². The lowest BCUT2D eigenvalue weighted by Gasteiger charge is -2.34. The summed E-state index contributed by atoms with van der Waals surface area (Å²) in [5, 5.41) is 0. The van der Waals surface area contributed by atoms with Crippen LogP contribution in [0.4, 0.5) is 0 Å². The van der Waals surface area contributed by atoms with Crippen LogP contribution < -0.4 is 0 Å². The number of benzene rings is 2. The van der Waals surface area contributed by atoms with E-state index >= 15 is 0 Å². The van der Waals surface area contributed by atoms with E-state index < -0.39 is 11.9 Å². The van der Waals surface area contributed by atoms with Gasteiger partial charge >= 0.3 is 5.97 Å². The van der Waals surface area contributed by atoms with Gasteiger partial charge < -0.3 is 19.0 Å². The van der Waals surface area contributed by atoms with Gasteiger partial charge in [-0.25, -0.2) is 0 Å². The van der Waals surface area contributed by atoms with Crippen molar-refractivity contribution in [3.8, 4) is 0 Å². The Bertz CT molecular complexity index is 1000. The number of esters is 1. The van der Waals surface area contributed by atoms with Crippen LogP contribution in [-0.4, -0.2) is 60.4 Å². The normalized spacial score (nSPS) is 13.8. The summed E-state index contributed by atoms with van der Waals surface area (Å²) in [7, 11) is 0. The van der Waals surface area contributed by atoms with Gasteiger partial charge in [0, 0.05) is 26.2 Å². The van der Waals surface area contributed by atoms with Gasteiger partial charge in [-0.1, -0.05) is 60.7 Å². The molecule has 2 amide bonds. The molecular formula is C25H24N2O5. The van der Waals surface area contributed by atoms with Crippen LogP contribution in [-0.2, 0) is 14.3 Å². The third-order valence-corrected chi connectivity index (χ3v) is 5.49. The standard InChI is InChI=1S/C25H24N2O5/c28-22(26-13-15-27(16-14-26)24(29)21-12-7-17-31-21)18-32-25(30)23(19-8-3-1-4-9-19)20-10-5-2-6-11-20/h1-12,17,23H,13-16,18H2. The zero-order chi connectivity index (χ0) is 22.3. The third kappa shape index (κ3) is 4.88. The molecule has 0 bridgehead atoms.